The van der Waals surface area contributed by atoms with Gasteiger partial charge in [0.05, 0.1) is 25.2 Å². The Balaban J connectivity index is 1.32. The van der Waals surface area contributed by atoms with E-state index < -0.39 is 0 Å². The number of morpholine rings is 1. The highest BCUT2D eigenvalue weighted by atomic mass is 16.5. The molecular formula is C23H29N3O2. The molecule has 1 aliphatic heterocycles. The lowest BCUT2D eigenvalue weighted by atomic mass is 9.87. The molecule has 5 nitrogen and oxygen atoms in total. The molecule has 1 aliphatic carbocycles. The average molecular weight is 380 g/mol. The first-order valence-electron chi connectivity index (χ1n) is 10.2. The molecule has 2 aromatic rings. The van der Waals surface area contributed by atoms with Gasteiger partial charge in [-0.15, -0.1) is 0 Å². The summed E-state index contributed by atoms with van der Waals surface area (Å²) in [6, 6.07) is 16.6. The van der Waals surface area contributed by atoms with Crippen LogP contribution in [-0.4, -0.2) is 36.6 Å². The molecule has 4 rings (SSSR count). The Kier molecular flexibility index (Phi) is 5.93. The number of amides is 1. The van der Waals surface area contributed by atoms with Crippen molar-refractivity contribution in [3.63, 3.8) is 0 Å². The van der Waals surface area contributed by atoms with Crippen LogP contribution in [0.3, 0.4) is 0 Å². The number of hydrogen-bond acceptors (Lipinski definition) is 4. The summed E-state index contributed by atoms with van der Waals surface area (Å²) in [7, 11) is 0. The van der Waals surface area contributed by atoms with Gasteiger partial charge in [0, 0.05) is 25.3 Å². The maximum atomic E-state index is 12.7. The van der Waals surface area contributed by atoms with Crippen molar-refractivity contribution in [2.75, 3.05) is 25.4 Å². The maximum absolute atomic E-state index is 12.7. The number of aryl methyl sites for hydroxylation is 1. The van der Waals surface area contributed by atoms with Crippen LogP contribution in [0.1, 0.15) is 42.0 Å². The monoisotopic (exact) mass is 379 g/mol. The zero-order chi connectivity index (χ0) is 19.3. The van der Waals surface area contributed by atoms with Crippen molar-refractivity contribution in [1.82, 2.24) is 10.2 Å². The van der Waals surface area contributed by atoms with E-state index in [-0.39, 0.29) is 18.1 Å². The molecule has 148 valence electrons. The van der Waals surface area contributed by atoms with Gasteiger partial charge < -0.3 is 15.8 Å². The molecule has 28 heavy (non-hydrogen) atoms. The molecule has 0 saturated carbocycles. The van der Waals surface area contributed by atoms with E-state index in [1.54, 1.807) is 0 Å². The van der Waals surface area contributed by atoms with Gasteiger partial charge in [-0.1, -0.05) is 36.4 Å². The summed E-state index contributed by atoms with van der Waals surface area (Å²) in [5.74, 6) is 0.0706. The highest BCUT2D eigenvalue weighted by Gasteiger charge is 2.26. The standard InChI is InChI=1S/C23H29N3O2/c24-19-9-10-21-18(13-19)7-4-8-22(21)25-23(27)14-20-16-26(11-12-28-20)15-17-5-2-1-3-6-17/h1-3,5-6,9-10,13,20,22H,4,7-8,11-12,14-16,24H2,(H,25,27). The number of nitrogen functional groups attached to an aromatic ring is 1. The van der Waals surface area contributed by atoms with Gasteiger partial charge in [-0.25, -0.2) is 0 Å². The number of nitrogens with two attached hydrogens (primary N) is 1. The average Bonchev–Trinajstić information content (AvgIpc) is 2.69. The smallest absolute Gasteiger partial charge is 0.223 e. The highest BCUT2D eigenvalue weighted by Crippen LogP contribution is 2.31. The zero-order valence-corrected chi connectivity index (χ0v) is 16.3. The van der Waals surface area contributed by atoms with Crippen molar-refractivity contribution >= 4 is 11.6 Å². The Hall–Kier alpha value is -2.37. The molecular weight excluding hydrogens is 350 g/mol. The minimum atomic E-state index is -0.0491. The third kappa shape index (κ3) is 4.72. The van der Waals surface area contributed by atoms with E-state index in [2.05, 4.69) is 40.5 Å². The van der Waals surface area contributed by atoms with Crippen molar-refractivity contribution in [2.24, 2.45) is 0 Å². The van der Waals surface area contributed by atoms with Crippen LogP contribution in [-0.2, 0) is 22.5 Å². The molecule has 0 spiro atoms. The minimum Gasteiger partial charge on any atom is -0.399 e. The first-order valence-corrected chi connectivity index (χ1v) is 10.2. The van der Waals surface area contributed by atoms with Gasteiger partial charge in [-0.3, -0.25) is 9.69 Å². The minimum absolute atomic E-state index is 0.0491. The maximum Gasteiger partial charge on any atom is 0.223 e. The fraction of sp³-hybridized carbons (Fsp3) is 0.435. The van der Waals surface area contributed by atoms with E-state index in [0.29, 0.717) is 13.0 Å². The number of ether oxygens (including phenoxy) is 1. The van der Waals surface area contributed by atoms with Gasteiger partial charge in [0.25, 0.3) is 0 Å². The molecule has 1 amide bonds. The summed E-state index contributed by atoms with van der Waals surface area (Å²) in [6.07, 6.45) is 3.45. The van der Waals surface area contributed by atoms with Crippen molar-refractivity contribution in [3.8, 4) is 0 Å². The lowest BCUT2D eigenvalue weighted by Gasteiger charge is -2.33. The third-order valence-electron chi connectivity index (χ3n) is 5.70. The molecule has 1 fully saturated rings. The van der Waals surface area contributed by atoms with E-state index >= 15 is 0 Å². The number of rotatable bonds is 5. The van der Waals surface area contributed by atoms with Crippen molar-refractivity contribution < 1.29 is 9.53 Å². The molecule has 3 N–H and O–H groups in total. The van der Waals surface area contributed by atoms with E-state index in [4.69, 9.17) is 10.5 Å². The molecule has 0 bridgehead atoms. The van der Waals surface area contributed by atoms with Gasteiger partial charge in [0.1, 0.15) is 0 Å². The Labute approximate surface area is 166 Å². The quantitative estimate of drug-likeness (QED) is 0.784. The third-order valence-corrected chi connectivity index (χ3v) is 5.70. The number of fused-ring (bicyclic) bond motifs is 1. The Bertz CT molecular complexity index is 809. The number of hydrogen-bond donors (Lipinski definition) is 2. The van der Waals surface area contributed by atoms with Gasteiger partial charge in [0.15, 0.2) is 0 Å². The second-order valence-corrected chi connectivity index (χ2v) is 7.89. The Morgan fingerprint density at radius 1 is 1.21 bits per heavy atom. The fourth-order valence-corrected chi connectivity index (χ4v) is 4.33. The van der Waals surface area contributed by atoms with E-state index in [1.807, 2.05) is 18.2 Å². The lowest BCUT2D eigenvalue weighted by Crippen LogP contribution is -2.44. The largest absolute Gasteiger partial charge is 0.399 e. The van der Waals surface area contributed by atoms with Crippen molar-refractivity contribution in [2.45, 2.75) is 44.4 Å². The summed E-state index contributed by atoms with van der Waals surface area (Å²) in [4.78, 5) is 15.1. The number of anilines is 1. The topological polar surface area (TPSA) is 67.6 Å². The second kappa shape index (κ2) is 8.76. The molecule has 2 atom stereocenters. The molecule has 1 heterocycles. The Morgan fingerprint density at radius 2 is 2.07 bits per heavy atom. The van der Waals surface area contributed by atoms with Crippen LogP contribution < -0.4 is 11.1 Å². The van der Waals surface area contributed by atoms with Gasteiger partial charge >= 0.3 is 0 Å². The van der Waals surface area contributed by atoms with Crippen molar-refractivity contribution in [1.29, 1.82) is 0 Å². The summed E-state index contributed by atoms with van der Waals surface area (Å²) < 4.78 is 5.87. The first-order chi connectivity index (χ1) is 13.7. The van der Waals surface area contributed by atoms with E-state index in [0.717, 1.165) is 44.6 Å². The zero-order valence-electron chi connectivity index (χ0n) is 16.3. The van der Waals surface area contributed by atoms with Crippen LogP contribution in [0.15, 0.2) is 48.5 Å². The molecule has 5 heteroatoms. The van der Waals surface area contributed by atoms with Gasteiger partial charge in [-0.05, 0) is 48.1 Å². The van der Waals surface area contributed by atoms with Crippen molar-refractivity contribution in [3.05, 3.63) is 65.2 Å². The summed E-state index contributed by atoms with van der Waals surface area (Å²) in [5, 5.41) is 3.23. The molecule has 0 aromatic heterocycles. The number of benzene rings is 2. The number of nitrogens with zero attached hydrogens (tertiary/aromatic N) is 1. The van der Waals surface area contributed by atoms with Crippen LogP contribution in [0.25, 0.3) is 0 Å². The predicted octanol–water partition coefficient (Wildman–Crippen LogP) is 3.05. The molecule has 0 radical (unpaired) electrons. The molecule has 2 aromatic carbocycles. The van der Waals surface area contributed by atoms with Crippen LogP contribution in [0.4, 0.5) is 5.69 Å². The molecule has 2 unspecified atom stereocenters. The van der Waals surface area contributed by atoms with Crippen LogP contribution in [0, 0.1) is 0 Å². The Morgan fingerprint density at radius 3 is 2.93 bits per heavy atom. The van der Waals surface area contributed by atoms with Crippen LogP contribution >= 0.6 is 0 Å². The number of carbonyl (C=O) groups excluding carboxylic acids is 1. The summed E-state index contributed by atoms with van der Waals surface area (Å²) >= 11 is 0. The van der Waals surface area contributed by atoms with E-state index in [1.165, 1.54) is 16.7 Å². The summed E-state index contributed by atoms with van der Waals surface area (Å²) in [6.45, 7) is 3.28. The summed E-state index contributed by atoms with van der Waals surface area (Å²) in [5.41, 5.74) is 10.5. The van der Waals surface area contributed by atoms with Gasteiger partial charge in [-0.2, -0.15) is 0 Å². The van der Waals surface area contributed by atoms with Crippen LogP contribution in [0.2, 0.25) is 0 Å². The lowest BCUT2D eigenvalue weighted by molar-refractivity contribution is -0.127. The fourth-order valence-electron chi connectivity index (χ4n) is 4.33. The normalized spacial score (nSPS) is 22.4. The second-order valence-electron chi connectivity index (χ2n) is 7.89. The first kappa shape index (κ1) is 19.0. The van der Waals surface area contributed by atoms with Crippen LogP contribution in [0.5, 0.6) is 0 Å². The molecule has 2 aliphatic rings. The highest BCUT2D eigenvalue weighted by molar-refractivity contribution is 5.77. The number of nitrogens with one attached hydrogen (secondary N) is 1. The SMILES string of the molecule is Nc1ccc2c(c1)CCCC2NC(=O)CC1CN(Cc2ccccc2)CCO1. The predicted molar refractivity (Wildman–Crippen MR) is 111 cm³/mol. The van der Waals surface area contributed by atoms with E-state index in [9.17, 15) is 4.79 Å². The molecule has 1 saturated heterocycles. The number of carbonyl (C=O) groups is 1. The van der Waals surface area contributed by atoms with Gasteiger partial charge in [0.2, 0.25) is 5.91 Å².